The molecule has 0 saturated heterocycles. The van der Waals surface area contributed by atoms with Crippen molar-refractivity contribution in [1.82, 2.24) is 4.72 Å². The minimum Gasteiger partial charge on any atom is -0.481 e. The maximum atomic E-state index is 11.9. The Balaban J connectivity index is 2.33. The minimum atomic E-state index is -0.807. The van der Waals surface area contributed by atoms with E-state index in [-0.39, 0.29) is 17.8 Å². The van der Waals surface area contributed by atoms with Crippen LogP contribution in [0.4, 0.5) is 0 Å². The number of para-hydroxylation sites is 1. The second-order valence-corrected chi connectivity index (χ2v) is 8.73. The number of carboxylic acid groups (broad SMARTS) is 1. The number of nitrogens with one attached hydrogen (secondary N) is 1. The van der Waals surface area contributed by atoms with Crippen LogP contribution in [0.2, 0.25) is 0 Å². The lowest BCUT2D eigenvalue weighted by atomic mass is 9.76. The fraction of sp³-hybridized carbons (Fsp3) is 0.375. The van der Waals surface area contributed by atoms with Gasteiger partial charge < -0.3 is 9.84 Å². The van der Waals surface area contributed by atoms with E-state index in [4.69, 9.17) is 16.3 Å². The standard InChI is InChI=1S/C24H30ClNO3S/c1-15(2)20(22(16(3)4)24(27)28)14-21(25)23(26-30)17-9-8-12-19(13-17)29-18-10-6-5-7-11-18/h5-16,20,22-23,26,30H,1-4H3,(H,27,28). The van der Waals surface area contributed by atoms with Crippen LogP contribution in [0.5, 0.6) is 11.5 Å². The van der Waals surface area contributed by atoms with Crippen molar-refractivity contribution < 1.29 is 14.6 Å². The van der Waals surface area contributed by atoms with E-state index < -0.39 is 17.9 Å². The van der Waals surface area contributed by atoms with Crippen LogP contribution >= 0.6 is 24.4 Å². The van der Waals surface area contributed by atoms with Crippen molar-refractivity contribution in [2.75, 3.05) is 0 Å². The highest BCUT2D eigenvalue weighted by Crippen LogP contribution is 2.35. The van der Waals surface area contributed by atoms with Gasteiger partial charge in [-0.3, -0.25) is 9.52 Å². The van der Waals surface area contributed by atoms with Gasteiger partial charge in [0.1, 0.15) is 11.5 Å². The van der Waals surface area contributed by atoms with Crippen LogP contribution in [0, 0.1) is 23.7 Å². The minimum absolute atomic E-state index is 0.0133. The first-order chi connectivity index (χ1) is 14.2. The number of allylic oxidation sites excluding steroid dienone is 1. The van der Waals surface area contributed by atoms with Crippen LogP contribution in [-0.2, 0) is 4.79 Å². The molecule has 0 bridgehead atoms. The lowest BCUT2D eigenvalue weighted by molar-refractivity contribution is -0.145. The Kier molecular flexibility index (Phi) is 9.28. The number of halogens is 1. The van der Waals surface area contributed by atoms with Crippen LogP contribution in [0.3, 0.4) is 0 Å². The number of hydrogen-bond donors (Lipinski definition) is 3. The van der Waals surface area contributed by atoms with E-state index >= 15 is 0 Å². The molecule has 0 aliphatic rings. The lowest BCUT2D eigenvalue weighted by Gasteiger charge is -2.29. The van der Waals surface area contributed by atoms with Crippen molar-refractivity contribution in [2.45, 2.75) is 33.7 Å². The molecule has 0 spiro atoms. The van der Waals surface area contributed by atoms with Crippen LogP contribution < -0.4 is 9.46 Å². The molecule has 0 aromatic heterocycles. The molecule has 3 unspecified atom stereocenters. The van der Waals surface area contributed by atoms with Gasteiger partial charge in [-0.05, 0) is 47.6 Å². The van der Waals surface area contributed by atoms with E-state index in [1.165, 1.54) is 0 Å². The SMILES string of the molecule is CC(C)C(C=C(Cl)C(NS)c1cccc(Oc2ccccc2)c1)C(C(=O)O)C(C)C. The van der Waals surface area contributed by atoms with E-state index in [1.807, 2.05) is 88.4 Å². The molecule has 0 radical (unpaired) electrons. The molecule has 0 amide bonds. The molecule has 0 heterocycles. The maximum Gasteiger partial charge on any atom is 0.307 e. The Hall–Kier alpha value is -1.95. The van der Waals surface area contributed by atoms with Gasteiger partial charge in [0.15, 0.2) is 0 Å². The molecule has 2 rings (SSSR count). The summed E-state index contributed by atoms with van der Waals surface area (Å²) in [6.45, 7) is 7.88. The number of thiol groups is 1. The Labute approximate surface area is 189 Å². The number of aliphatic carboxylic acids is 1. The lowest BCUT2D eigenvalue weighted by Crippen LogP contribution is -2.31. The molecule has 162 valence electrons. The number of ether oxygens (including phenoxy) is 1. The topological polar surface area (TPSA) is 58.6 Å². The molecule has 6 heteroatoms. The second-order valence-electron chi connectivity index (χ2n) is 8.03. The van der Waals surface area contributed by atoms with Crippen LogP contribution in [-0.4, -0.2) is 11.1 Å². The van der Waals surface area contributed by atoms with Crippen molar-refractivity contribution in [2.24, 2.45) is 23.7 Å². The molecular weight excluding hydrogens is 418 g/mol. The predicted octanol–water partition coefficient (Wildman–Crippen LogP) is 6.71. The summed E-state index contributed by atoms with van der Waals surface area (Å²) >= 11 is 11.0. The van der Waals surface area contributed by atoms with E-state index in [0.29, 0.717) is 10.8 Å². The van der Waals surface area contributed by atoms with E-state index in [9.17, 15) is 9.90 Å². The molecule has 0 aliphatic carbocycles. The first kappa shape index (κ1) is 24.3. The van der Waals surface area contributed by atoms with Crippen molar-refractivity contribution >= 4 is 30.4 Å². The average molecular weight is 448 g/mol. The van der Waals surface area contributed by atoms with E-state index in [0.717, 1.165) is 11.3 Å². The van der Waals surface area contributed by atoms with Crippen molar-refractivity contribution in [3.05, 3.63) is 71.3 Å². The summed E-state index contributed by atoms with van der Waals surface area (Å²) in [7, 11) is 0. The third-order valence-corrected chi connectivity index (χ3v) is 5.72. The van der Waals surface area contributed by atoms with Crippen molar-refractivity contribution in [1.29, 1.82) is 0 Å². The molecule has 3 atom stereocenters. The molecule has 30 heavy (non-hydrogen) atoms. The summed E-state index contributed by atoms with van der Waals surface area (Å²) < 4.78 is 8.86. The maximum absolute atomic E-state index is 11.9. The molecule has 0 fully saturated rings. The zero-order valence-corrected chi connectivity index (χ0v) is 19.4. The van der Waals surface area contributed by atoms with Gasteiger partial charge in [0.25, 0.3) is 0 Å². The van der Waals surface area contributed by atoms with Gasteiger partial charge in [-0.2, -0.15) is 0 Å². The van der Waals surface area contributed by atoms with E-state index in [2.05, 4.69) is 17.5 Å². The molecule has 2 N–H and O–H groups in total. The highest BCUT2D eigenvalue weighted by atomic mass is 35.5. The number of carboxylic acids is 1. The fourth-order valence-corrected chi connectivity index (χ4v) is 4.25. The van der Waals surface area contributed by atoms with Crippen LogP contribution in [0.15, 0.2) is 65.7 Å². The number of benzene rings is 2. The van der Waals surface area contributed by atoms with Crippen LogP contribution in [0.25, 0.3) is 0 Å². The summed E-state index contributed by atoms with van der Waals surface area (Å²) in [5.74, 6) is -0.000203. The summed E-state index contributed by atoms with van der Waals surface area (Å²) in [6.07, 6.45) is 1.86. The molecule has 2 aromatic rings. The highest BCUT2D eigenvalue weighted by molar-refractivity contribution is 7.78. The normalized spacial score (nSPS) is 15.1. The fourth-order valence-electron chi connectivity index (χ4n) is 3.56. The molecule has 4 nitrogen and oxygen atoms in total. The molecule has 0 aliphatic heterocycles. The van der Waals surface area contributed by atoms with Gasteiger partial charge in [0, 0.05) is 5.03 Å². The zero-order valence-electron chi connectivity index (χ0n) is 17.7. The first-order valence-corrected chi connectivity index (χ1v) is 10.9. The average Bonchev–Trinajstić information content (AvgIpc) is 2.68. The number of carbonyl (C=O) groups is 1. The van der Waals surface area contributed by atoms with Crippen molar-refractivity contribution in [3.63, 3.8) is 0 Å². The molecule has 2 aromatic carbocycles. The Morgan fingerprint density at radius 3 is 2.20 bits per heavy atom. The monoisotopic (exact) mass is 447 g/mol. The summed E-state index contributed by atoms with van der Waals surface area (Å²) in [5.41, 5.74) is 0.874. The van der Waals surface area contributed by atoms with Gasteiger partial charge >= 0.3 is 5.97 Å². The Morgan fingerprint density at radius 2 is 1.67 bits per heavy atom. The zero-order chi connectivity index (χ0) is 22.3. The van der Waals surface area contributed by atoms with Gasteiger partial charge in [-0.15, -0.1) is 0 Å². The van der Waals surface area contributed by atoms with Crippen molar-refractivity contribution in [3.8, 4) is 11.5 Å². The smallest absolute Gasteiger partial charge is 0.307 e. The third kappa shape index (κ3) is 6.53. The highest BCUT2D eigenvalue weighted by Gasteiger charge is 2.32. The number of rotatable bonds is 10. The quantitative estimate of drug-likeness (QED) is 0.354. The number of hydrogen-bond acceptors (Lipinski definition) is 4. The van der Waals surface area contributed by atoms with E-state index in [1.54, 1.807) is 0 Å². The summed E-state index contributed by atoms with van der Waals surface area (Å²) in [4.78, 5) is 11.9. The van der Waals surface area contributed by atoms with Gasteiger partial charge in [0.2, 0.25) is 0 Å². The summed E-state index contributed by atoms with van der Waals surface area (Å²) in [6, 6.07) is 16.7. The third-order valence-electron chi connectivity index (χ3n) is 5.11. The van der Waals surface area contributed by atoms with Gasteiger partial charge in [0.05, 0.1) is 12.0 Å². The summed E-state index contributed by atoms with van der Waals surface area (Å²) in [5, 5.41) is 10.3. The predicted molar refractivity (Wildman–Crippen MR) is 126 cm³/mol. The Morgan fingerprint density at radius 1 is 1.03 bits per heavy atom. The van der Waals surface area contributed by atoms with Gasteiger partial charge in [-0.1, -0.05) is 88.5 Å². The first-order valence-electron chi connectivity index (χ1n) is 10.1. The second kappa shape index (κ2) is 11.4. The van der Waals surface area contributed by atoms with Gasteiger partial charge in [-0.25, -0.2) is 0 Å². The van der Waals surface area contributed by atoms with Crippen LogP contribution in [0.1, 0.15) is 39.3 Å². The molecule has 0 saturated carbocycles. The largest absolute Gasteiger partial charge is 0.481 e. The molecular formula is C24H30ClNO3S. The Bertz CT molecular complexity index is 855.